The molecule has 2 N–H and O–H groups in total. The summed E-state index contributed by atoms with van der Waals surface area (Å²) < 4.78 is 0.0681. The third-order valence-corrected chi connectivity index (χ3v) is 6.35. The molecule has 0 bridgehead atoms. The number of rotatable bonds is 7. The van der Waals surface area contributed by atoms with Crippen molar-refractivity contribution in [2.24, 2.45) is 17.8 Å². The second-order valence-electron chi connectivity index (χ2n) is 5.94. The first-order chi connectivity index (χ1) is 9.39. The molecule has 1 rings (SSSR count). The van der Waals surface area contributed by atoms with E-state index in [0.717, 1.165) is 12.8 Å². The molecule has 1 aliphatic rings. The standard InChI is InChI=1S/C15H27NO3S/c1-5-15(6-2,20-4)9-16-13(17)11-7-10(3)8-12(11)14(18)19/h10-12H,5-9H2,1-4H3,(H,16,17)(H,18,19)/t10?,11-,12+/m0/s1. The smallest absolute Gasteiger partial charge is 0.307 e. The second-order valence-corrected chi connectivity index (χ2v) is 7.21. The summed E-state index contributed by atoms with van der Waals surface area (Å²) in [5.74, 6) is -1.49. The molecule has 1 fully saturated rings. The topological polar surface area (TPSA) is 66.4 Å². The Balaban J connectivity index is 2.64. The number of nitrogens with one attached hydrogen (secondary N) is 1. The van der Waals surface area contributed by atoms with Crippen molar-refractivity contribution in [2.75, 3.05) is 12.8 Å². The highest BCUT2D eigenvalue weighted by Crippen LogP contribution is 2.37. The van der Waals surface area contributed by atoms with Gasteiger partial charge in [-0.1, -0.05) is 20.8 Å². The van der Waals surface area contributed by atoms with Gasteiger partial charge in [0.1, 0.15) is 0 Å². The average Bonchev–Trinajstić information content (AvgIpc) is 2.83. The van der Waals surface area contributed by atoms with E-state index in [2.05, 4.69) is 25.4 Å². The summed E-state index contributed by atoms with van der Waals surface area (Å²) in [5, 5.41) is 12.2. The van der Waals surface area contributed by atoms with Crippen LogP contribution < -0.4 is 5.32 Å². The predicted molar refractivity (Wildman–Crippen MR) is 82.9 cm³/mol. The number of hydrogen-bond acceptors (Lipinski definition) is 3. The lowest BCUT2D eigenvalue weighted by molar-refractivity contribution is -0.146. The number of carbonyl (C=O) groups excluding carboxylic acids is 1. The first-order valence-electron chi connectivity index (χ1n) is 7.44. The van der Waals surface area contributed by atoms with Crippen LogP contribution in [-0.2, 0) is 9.59 Å². The molecule has 3 atom stereocenters. The van der Waals surface area contributed by atoms with E-state index in [1.54, 1.807) is 11.8 Å². The molecule has 1 saturated carbocycles. The zero-order chi connectivity index (χ0) is 15.3. The minimum Gasteiger partial charge on any atom is -0.481 e. The van der Waals surface area contributed by atoms with E-state index in [9.17, 15) is 14.7 Å². The van der Waals surface area contributed by atoms with Crippen molar-refractivity contribution in [1.82, 2.24) is 5.32 Å². The Morgan fingerprint density at radius 1 is 1.25 bits per heavy atom. The molecule has 1 aliphatic carbocycles. The lowest BCUT2D eigenvalue weighted by Gasteiger charge is -2.30. The maximum Gasteiger partial charge on any atom is 0.307 e. The van der Waals surface area contributed by atoms with E-state index in [1.165, 1.54) is 0 Å². The highest BCUT2D eigenvalue weighted by atomic mass is 32.2. The molecule has 0 aromatic carbocycles. The van der Waals surface area contributed by atoms with Gasteiger partial charge in [-0.25, -0.2) is 0 Å². The zero-order valence-corrected chi connectivity index (χ0v) is 13.8. The van der Waals surface area contributed by atoms with Crippen molar-refractivity contribution >= 4 is 23.6 Å². The molecule has 116 valence electrons. The molecule has 1 unspecified atom stereocenters. The molecule has 0 spiro atoms. The van der Waals surface area contributed by atoms with Crippen molar-refractivity contribution in [3.05, 3.63) is 0 Å². The fourth-order valence-electron chi connectivity index (χ4n) is 3.09. The summed E-state index contributed by atoms with van der Waals surface area (Å²) in [6.45, 7) is 6.90. The maximum absolute atomic E-state index is 12.3. The van der Waals surface area contributed by atoms with Gasteiger partial charge >= 0.3 is 5.97 Å². The van der Waals surface area contributed by atoms with Crippen LogP contribution in [0.2, 0.25) is 0 Å². The minimum absolute atomic E-state index is 0.0681. The Bertz CT molecular complexity index is 347. The molecule has 20 heavy (non-hydrogen) atoms. The molecule has 0 aliphatic heterocycles. The van der Waals surface area contributed by atoms with E-state index in [4.69, 9.17) is 0 Å². The summed E-state index contributed by atoms with van der Waals surface area (Å²) in [7, 11) is 0. The molecular formula is C15H27NO3S. The largest absolute Gasteiger partial charge is 0.481 e. The highest BCUT2D eigenvalue weighted by Gasteiger charge is 2.41. The van der Waals surface area contributed by atoms with Gasteiger partial charge in [-0.05, 0) is 37.9 Å². The monoisotopic (exact) mass is 301 g/mol. The molecule has 0 saturated heterocycles. The van der Waals surface area contributed by atoms with Crippen LogP contribution in [0.15, 0.2) is 0 Å². The van der Waals surface area contributed by atoms with Gasteiger partial charge in [0.05, 0.1) is 11.8 Å². The van der Waals surface area contributed by atoms with Crippen molar-refractivity contribution < 1.29 is 14.7 Å². The van der Waals surface area contributed by atoms with Crippen LogP contribution in [0.5, 0.6) is 0 Å². The van der Waals surface area contributed by atoms with E-state index >= 15 is 0 Å². The fourth-order valence-corrected chi connectivity index (χ4v) is 3.89. The van der Waals surface area contributed by atoms with E-state index in [-0.39, 0.29) is 16.6 Å². The molecular weight excluding hydrogens is 274 g/mol. The van der Waals surface area contributed by atoms with Crippen LogP contribution in [0.3, 0.4) is 0 Å². The van der Waals surface area contributed by atoms with Crippen molar-refractivity contribution in [3.8, 4) is 0 Å². The second kappa shape index (κ2) is 7.34. The van der Waals surface area contributed by atoms with E-state index in [1.807, 2.05) is 6.92 Å². The highest BCUT2D eigenvalue weighted by molar-refractivity contribution is 8.00. The number of carbonyl (C=O) groups is 2. The SMILES string of the molecule is CCC(CC)(CNC(=O)[C@H]1CC(C)C[C@H]1C(=O)O)SC. The Morgan fingerprint density at radius 3 is 2.25 bits per heavy atom. The zero-order valence-electron chi connectivity index (χ0n) is 12.9. The van der Waals surface area contributed by atoms with Crippen LogP contribution in [0.4, 0.5) is 0 Å². The summed E-state index contributed by atoms with van der Waals surface area (Å²) in [6.07, 6.45) is 5.36. The van der Waals surface area contributed by atoms with E-state index < -0.39 is 11.9 Å². The Morgan fingerprint density at radius 2 is 1.80 bits per heavy atom. The molecule has 4 nitrogen and oxygen atoms in total. The molecule has 0 radical (unpaired) electrons. The first kappa shape index (κ1) is 17.3. The van der Waals surface area contributed by atoms with Crippen molar-refractivity contribution in [2.45, 2.75) is 51.2 Å². The number of hydrogen-bond donors (Lipinski definition) is 2. The van der Waals surface area contributed by atoms with Gasteiger partial charge in [-0.2, -0.15) is 11.8 Å². The maximum atomic E-state index is 12.3. The van der Waals surface area contributed by atoms with Crippen LogP contribution in [0, 0.1) is 17.8 Å². The van der Waals surface area contributed by atoms with Crippen LogP contribution >= 0.6 is 11.8 Å². The summed E-state index contributed by atoms with van der Waals surface area (Å²) >= 11 is 1.78. The van der Waals surface area contributed by atoms with Crippen LogP contribution in [0.25, 0.3) is 0 Å². The van der Waals surface area contributed by atoms with Crippen molar-refractivity contribution in [1.29, 1.82) is 0 Å². The van der Waals surface area contributed by atoms with Crippen LogP contribution in [0.1, 0.15) is 46.5 Å². The van der Waals surface area contributed by atoms with Gasteiger partial charge in [-0.15, -0.1) is 0 Å². The lowest BCUT2D eigenvalue weighted by atomic mass is 9.94. The van der Waals surface area contributed by atoms with Gasteiger partial charge in [0, 0.05) is 11.3 Å². The number of amides is 1. The minimum atomic E-state index is -0.836. The first-order valence-corrected chi connectivity index (χ1v) is 8.67. The van der Waals surface area contributed by atoms with E-state index in [0.29, 0.717) is 25.3 Å². The molecule has 0 aromatic heterocycles. The quantitative estimate of drug-likeness (QED) is 0.759. The number of thioether (sulfide) groups is 1. The third kappa shape index (κ3) is 3.90. The number of aliphatic carboxylic acids is 1. The Labute approximate surface area is 126 Å². The van der Waals surface area contributed by atoms with Gasteiger partial charge in [0.2, 0.25) is 5.91 Å². The van der Waals surface area contributed by atoms with Gasteiger partial charge in [0.25, 0.3) is 0 Å². The van der Waals surface area contributed by atoms with Gasteiger partial charge in [-0.3, -0.25) is 9.59 Å². The van der Waals surface area contributed by atoms with Crippen molar-refractivity contribution in [3.63, 3.8) is 0 Å². The van der Waals surface area contributed by atoms with Gasteiger partial charge < -0.3 is 10.4 Å². The summed E-state index contributed by atoms with van der Waals surface area (Å²) in [6, 6.07) is 0. The third-order valence-electron chi connectivity index (χ3n) is 4.76. The normalized spacial score (nSPS) is 26.5. The fraction of sp³-hybridized carbons (Fsp3) is 0.867. The predicted octanol–water partition coefficient (Wildman–Crippen LogP) is 2.77. The Kier molecular flexibility index (Phi) is 6.37. The number of carboxylic acids is 1. The molecule has 5 heteroatoms. The summed E-state index contributed by atoms with van der Waals surface area (Å²) in [4.78, 5) is 23.6. The molecule has 1 amide bonds. The molecule has 0 heterocycles. The summed E-state index contributed by atoms with van der Waals surface area (Å²) in [5.41, 5.74) is 0. The molecule has 0 aromatic rings. The Hall–Kier alpha value is -0.710. The average molecular weight is 301 g/mol. The number of carboxylic acid groups (broad SMARTS) is 1. The lowest BCUT2D eigenvalue weighted by Crippen LogP contribution is -2.43. The van der Waals surface area contributed by atoms with Gasteiger partial charge in [0.15, 0.2) is 0 Å². The van der Waals surface area contributed by atoms with Crippen LogP contribution in [-0.4, -0.2) is 34.5 Å².